The second kappa shape index (κ2) is 7.68. The molecule has 1 unspecified atom stereocenters. The highest BCUT2D eigenvalue weighted by Crippen LogP contribution is 2.09. The molecule has 18 heavy (non-hydrogen) atoms. The van der Waals surface area contributed by atoms with Gasteiger partial charge in [0.15, 0.2) is 0 Å². The fourth-order valence-corrected chi connectivity index (χ4v) is 1.48. The van der Waals surface area contributed by atoms with Crippen LogP contribution in [0, 0.1) is 0 Å². The molecule has 4 N–H and O–H groups in total. The highest BCUT2D eigenvalue weighted by atomic mass is 16.5. The molecule has 0 aromatic heterocycles. The fourth-order valence-electron chi connectivity index (χ4n) is 1.48. The van der Waals surface area contributed by atoms with E-state index in [1.54, 1.807) is 7.11 Å². The minimum atomic E-state index is -0.263. The van der Waals surface area contributed by atoms with Crippen molar-refractivity contribution in [1.29, 1.82) is 0 Å². The summed E-state index contributed by atoms with van der Waals surface area (Å²) in [5.74, 6) is -0.0402. The van der Waals surface area contributed by atoms with Gasteiger partial charge < -0.3 is 21.1 Å². The van der Waals surface area contributed by atoms with Gasteiger partial charge in [-0.25, -0.2) is 0 Å². The molecule has 0 aliphatic carbocycles. The maximum absolute atomic E-state index is 11.7. The number of nitrogen functional groups attached to an aromatic ring is 1. The van der Waals surface area contributed by atoms with Crippen LogP contribution in [0.1, 0.15) is 12.5 Å². The number of rotatable bonds is 7. The van der Waals surface area contributed by atoms with Crippen LogP contribution in [-0.4, -0.2) is 32.2 Å². The second-order valence-electron chi connectivity index (χ2n) is 4.09. The quantitative estimate of drug-likeness (QED) is 0.487. The van der Waals surface area contributed by atoms with Crippen molar-refractivity contribution in [1.82, 2.24) is 10.6 Å². The Hall–Kier alpha value is -1.59. The highest BCUT2D eigenvalue weighted by molar-refractivity contribution is 5.81. The molecule has 1 amide bonds. The first-order valence-electron chi connectivity index (χ1n) is 5.98. The number of hydrogen-bond donors (Lipinski definition) is 3. The van der Waals surface area contributed by atoms with Gasteiger partial charge in [0.05, 0.1) is 12.6 Å². The van der Waals surface area contributed by atoms with Crippen LogP contribution in [0.5, 0.6) is 0 Å². The molecule has 0 aliphatic heterocycles. The Labute approximate surface area is 108 Å². The van der Waals surface area contributed by atoms with Crippen molar-refractivity contribution in [3.8, 4) is 0 Å². The third-order valence-electron chi connectivity index (χ3n) is 2.65. The summed E-state index contributed by atoms with van der Waals surface area (Å²) in [5.41, 5.74) is 7.55. The van der Waals surface area contributed by atoms with Crippen molar-refractivity contribution in [2.45, 2.75) is 19.5 Å². The molecular formula is C13H21N3O2. The first-order valence-corrected chi connectivity index (χ1v) is 5.98. The Morgan fingerprint density at radius 2 is 2.17 bits per heavy atom. The maximum atomic E-state index is 11.7. The Kier molecular flexibility index (Phi) is 6.18. The average molecular weight is 251 g/mol. The van der Waals surface area contributed by atoms with Crippen molar-refractivity contribution in [2.24, 2.45) is 0 Å². The molecule has 0 saturated carbocycles. The predicted molar refractivity (Wildman–Crippen MR) is 72.0 cm³/mol. The van der Waals surface area contributed by atoms with E-state index in [-0.39, 0.29) is 11.9 Å². The number of ether oxygens (including phenoxy) is 1. The molecule has 1 aromatic carbocycles. The molecule has 0 heterocycles. The molecular weight excluding hydrogens is 230 g/mol. The number of nitrogens with two attached hydrogens (primary N) is 1. The van der Waals surface area contributed by atoms with Crippen molar-refractivity contribution >= 4 is 11.6 Å². The molecule has 0 spiro atoms. The third kappa shape index (κ3) is 4.73. The van der Waals surface area contributed by atoms with Crippen LogP contribution in [0.4, 0.5) is 5.69 Å². The SMILES string of the molecule is COCCNC(=O)C(C)NCc1ccccc1N. The van der Waals surface area contributed by atoms with Crippen LogP contribution in [0.15, 0.2) is 24.3 Å². The van der Waals surface area contributed by atoms with E-state index in [2.05, 4.69) is 10.6 Å². The zero-order valence-electron chi connectivity index (χ0n) is 10.9. The monoisotopic (exact) mass is 251 g/mol. The van der Waals surface area contributed by atoms with Gasteiger partial charge in [-0.2, -0.15) is 0 Å². The minimum Gasteiger partial charge on any atom is -0.398 e. The zero-order valence-corrected chi connectivity index (χ0v) is 10.9. The number of carbonyl (C=O) groups excluding carboxylic acids is 1. The molecule has 0 aliphatic rings. The molecule has 0 radical (unpaired) electrons. The lowest BCUT2D eigenvalue weighted by Gasteiger charge is -2.14. The van der Waals surface area contributed by atoms with E-state index < -0.39 is 0 Å². The molecule has 1 aromatic rings. The van der Waals surface area contributed by atoms with E-state index in [1.165, 1.54) is 0 Å². The lowest BCUT2D eigenvalue weighted by atomic mass is 10.1. The second-order valence-corrected chi connectivity index (χ2v) is 4.09. The van der Waals surface area contributed by atoms with Gasteiger partial charge in [-0.15, -0.1) is 0 Å². The molecule has 5 nitrogen and oxygen atoms in total. The Morgan fingerprint density at radius 1 is 1.44 bits per heavy atom. The van der Waals surface area contributed by atoms with Gasteiger partial charge in [0.2, 0.25) is 5.91 Å². The van der Waals surface area contributed by atoms with Crippen LogP contribution in [-0.2, 0) is 16.1 Å². The van der Waals surface area contributed by atoms with Crippen LogP contribution < -0.4 is 16.4 Å². The highest BCUT2D eigenvalue weighted by Gasteiger charge is 2.11. The van der Waals surface area contributed by atoms with E-state index >= 15 is 0 Å². The minimum absolute atomic E-state index is 0.0402. The maximum Gasteiger partial charge on any atom is 0.236 e. The van der Waals surface area contributed by atoms with Gasteiger partial charge in [0, 0.05) is 25.9 Å². The number of benzene rings is 1. The normalized spacial score (nSPS) is 12.1. The van der Waals surface area contributed by atoms with Gasteiger partial charge in [0.1, 0.15) is 0 Å². The topological polar surface area (TPSA) is 76.4 Å². The molecule has 1 atom stereocenters. The summed E-state index contributed by atoms with van der Waals surface area (Å²) >= 11 is 0. The summed E-state index contributed by atoms with van der Waals surface area (Å²) in [4.78, 5) is 11.7. The average Bonchev–Trinajstić information content (AvgIpc) is 2.37. The predicted octanol–water partition coefficient (Wildman–Crippen LogP) is 0.510. The number of para-hydroxylation sites is 1. The Balaban J connectivity index is 2.34. The standard InChI is InChI=1S/C13H21N3O2/c1-10(13(17)15-7-8-18-2)16-9-11-5-3-4-6-12(11)14/h3-6,10,16H,7-9,14H2,1-2H3,(H,15,17). The number of carbonyl (C=O) groups is 1. The van der Waals surface area contributed by atoms with E-state index in [0.29, 0.717) is 19.7 Å². The number of methoxy groups -OCH3 is 1. The van der Waals surface area contributed by atoms with Crippen molar-refractivity contribution in [3.05, 3.63) is 29.8 Å². The first-order chi connectivity index (χ1) is 8.65. The van der Waals surface area contributed by atoms with Crippen LogP contribution in [0.3, 0.4) is 0 Å². The van der Waals surface area contributed by atoms with Gasteiger partial charge in [-0.05, 0) is 18.6 Å². The first kappa shape index (κ1) is 14.5. The van der Waals surface area contributed by atoms with Crippen molar-refractivity contribution in [3.63, 3.8) is 0 Å². The van der Waals surface area contributed by atoms with Crippen LogP contribution in [0.25, 0.3) is 0 Å². The summed E-state index contributed by atoms with van der Waals surface area (Å²) < 4.78 is 4.87. The number of anilines is 1. The summed E-state index contributed by atoms with van der Waals surface area (Å²) in [5, 5.41) is 5.91. The smallest absolute Gasteiger partial charge is 0.236 e. The summed E-state index contributed by atoms with van der Waals surface area (Å²) in [6.07, 6.45) is 0. The summed E-state index contributed by atoms with van der Waals surface area (Å²) in [6.45, 7) is 3.44. The number of amides is 1. The van der Waals surface area contributed by atoms with Crippen molar-refractivity contribution < 1.29 is 9.53 Å². The number of nitrogens with one attached hydrogen (secondary N) is 2. The molecule has 0 saturated heterocycles. The lowest BCUT2D eigenvalue weighted by Crippen LogP contribution is -2.42. The van der Waals surface area contributed by atoms with E-state index in [4.69, 9.17) is 10.5 Å². The van der Waals surface area contributed by atoms with E-state index in [0.717, 1.165) is 11.3 Å². The fraction of sp³-hybridized carbons (Fsp3) is 0.462. The van der Waals surface area contributed by atoms with Gasteiger partial charge in [-0.1, -0.05) is 18.2 Å². The van der Waals surface area contributed by atoms with Gasteiger partial charge in [-0.3, -0.25) is 4.79 Å². The zero-order chi connectivity index (χ0) is 13.4. The number of hydrogen-bond acceptors (Lipinski definition) is 4. The van der Waals surface area contributed by atoms with Crippen molar-refractivity contribution in [2.75, 3.05) is 26.0 Å². The molecule has 0 fully saturated rings. The molecule has 1 rings (SSSR count). The van der Waals surface area contributed by atoms with E-state index in [9.17, 15) is 4.79 Å². The molecule has 100 valence electrons. The van der Waals surface area contributed by atoms with Crippen LogP contribution in [0.2, 0.25) is 0 Å². The Bertz CT molecular complexity index is 382. The van der Waals surface area contributed by atoms with Gasteiger partial charge >= 0.3 is 0 Å². The third-order valence-corrected chi connectivity index (χ3v) is 2.65. The van der Waals surface area contributed by atoms with Gasteiger partial charge in [0.25, 0.3) is 0 Å². The Morgan fingerprint density at radius 3 is 2.83 bits per heavy atom. The van der Waals surface area contributed by atoms with Crippen LogP contribution >= 0.6 is 0 Å². The molecule has 0 bridgehead atoms. The summed E-state index contributed by atoms with van der Waals surface area (Å²) in [6, 6.07) is 7.34. The molecule has 5 heteroatoms. The lowest BCUT2D eigenvalue weighted by molar-refractivity contribution is -0.122. The largest absolute Gasteiger partial charge is 0.398 e. The van der Waals surface area contributed by atoms with E-state index in [1.807, 2.05) is 31.2 Å². The summed E-state index contributed by atoms with van der Waals surface area (Å²) in [7, 11) is 1.60.